The number of anilines is 1. The Kier molecular flexibility index (Phi) is 8.93. The molecule has 2 aromatic carbocycles. The number of hydrogen-bond donors (Lipinski definition) is 2. The highest BCUT2D eigenvalue weighted by Crippen LogP contribution is 2.57. The summed E-state index contributed by atoms with van der Waals surface area (Å²) < 4.78 is 81.2. The number of likely N-dealkylation sites (tertiary alicyclic amines) is 1. The van der Waals surface area contributed by atoms with Gasteiger partial charge in [-0.2, -0.15) is 9.97 Å². The van der Waals surface area contributed by atoms with Gasteiger partial charge in [0.05, 0.1) is 45.7 Å². The number of β-amino-alcohol motifs (C(OH)–C–C–N with tert-alkyl or cyclic N) is 1. The van der Waals surface area contributed by atoms with Crippen molar-refractivity contribution in [3.8, 4) is 28.9 Å². The number of phenols is 1. The largest absolute Gasteiger partial charge is 0.508 e. The standard InChI is InChI=1S/C40H47F2N5O8S/c1-37(49)19-47(13-14-53-21-37)34-30-33(31(42)32(43-35(30)52-2)26-16-25(48)15-24-7-4-8-27(41)29(24)26)44-36(45-34)54-22-38-10-5-9-28(38)46(12-6-11-38)20-39-17-40(18-39,23-55-39)56(3,50)51/h4,7-8,15-16,28,48-49H,5-6,9-14,17-23H2,1-3H3. The molecular weight excluding hydrogens is 749 g/mol. The Balaban J connectivity index is 1.10. The molecule has 13 nitrogen and oxygen atoms in total. The van der Waals surface area contributed by atoms with E-state index < -0.39 is 37.4 Å². The average Bonchev–Trinajstić information content (AvgIpc) is 3.82. The van der Waals surface area contributed by atoms with Crippen LogP contribution in [0.15, 0.2) is 30.3 Å². The molecule has 0 spiro atoms. The molecule has 2 aromatic heterocycles. The highest BCUT2D eigenvalue weighted by atomic mass is 32.2. The van der Waals surface area contributed by atoms with E-state index >= 15 is 8.78 Å². The lowest BCUT2D eigenvalue weighted by Gasteiger charge is -2.51. The molecule has 10 rings (SSSR count). The first-order chi connectivity index (χ1) is 26.6. The van der Waals surface area contributed by atoms with Crippen molar-refractivity contribution in [2.24, 2.45) is 5.41 Å². The molecule has 0 radical (unpaired) electrons. The minimum atomic E-state index is -3.23. The Hall–Kier alpha value is -3.96. The molecule has 2 N–H and O–H groups in total. The fraction of sp³-hybridized carbons (Fsp3) is 0.575. The number of halogens is 2. The third-order valence-corrected chi connectivity index (χ3v) is 14.9. The number of phenolic OH excluding ortho intramolecular Hbond substituents is 1. The number of aromatic nitrogens is 3. The van der Waals surface area contributed by atoms with Crippen LogP contribution in [0.2, 0.25) is 0 Å². The molecule has 6 fully saturated rings. The van der Waals surface area contributed by atoms with Crippen LogP contribution in [0, 0.1) is 17.0 Å². The number of pyridine rings is 1. The number of sulfone groups is 1. The molecule has 16 heteroatoms. The summed E-state index contributed by atoms with van der Waals surface area (Å²) >= 11 is 0. The summed E-state index contributed by atoms with van der Waals surface area (Å²) in [5.41, 5.74) is -2.41. The van der Waals surface area contributed by atoms with Crippen LogP contribution in [-0.2, 0) is 19.3 Å². The van der Waals surface area contributed by atoms with Gasteiger partial charge in [-0.05, 0) is 75.6 Å². The highest BCUT2D eigenvalue weighted by molar-refractivity contribution is 7.92. The number of ether oxygens (including phenoxy) is 4. The Morgan fingerprint density at radius 3 is 2.62 bits per heavy atom. The number of aliphatic hydroxyl groups is 1. The van der Waals surface area contributed by atoms with Gasteiger partial charge in [0.15, 0.2) is 15.7 Å². The first-order valence-electron chi connectivity index (χ1n) is 19.3. The second-order valence-corrected chi connectivity index (χ2v) is 19.5. The molecule has 4 aliphatic heterocycles. The van der Waals surface area contributed by atoms with Crippen molar-refractivity contribution in [2.45, 2.75) is 73.9 Å². The van der Waals surface area contributed by atoms with E-state index in [1.54, 1.807) is 17.9 Å². The second kappa shape index (κ2) is 13.3. The van der Waals surface area contributed by atoms with Crippen LogP contribution in [0.4, 0.5) is 14.6 Å². The predicted molar refractivity (Wildman–Crippen MR) is 204 cm³/mol. The summed E-state index contributed by atoms with van der Waals surface area (Å²) in [6, 6.07) is 7.14. The SMILES string of the molecule is COc1nc(-c2cc(O)cc3cccc(F)c23)c(F)c2nc(OCC34CCCC3N(CC35CC(S(C)(=O)=O)(CO3)C5)CCC4)nc(N3CCOCC(C)(O)C3)c12. The lowest BCUT2D eigenvalue weighted by molar-refractivity contribution is -0.0711. The molecule has 2 bridgehead atoms. The topological polar surface area (TPSA) is 157 Å². The van der Waals surface area contributed by atoms with Crippen LogP contribution >= 0.6 is 0 Å². The maximum atomic E-state index is 17.2. The normalized spacial score (nSPS) is 30.7. The van der Waals surface area contributed by atoms with E-state index in [4.69, 9.17) is 23.9 Å². The molecule has 56 heavy (non-hydrogen) atoms. The molecule has 2 aliphatic carbocycles. The first-order valence-corrected chi connectivity index (χ1v) is 21.2. The van der Waals surface area contributed by atoms with Crippen molar-refractivity contribution in [3.05, 3.63) is 42.0 Å². The minimum absolute atomic E-state index is 0.0190. The van der Waals surface area contributed by atoms with Crippen LogP contribution in [0.25, 0.3) is 32.9 Å². The van der Waals surface area contributed by atoms with Gasteiger partial charge >= 0.3 is 6.01 Å². The molecule has 300 valence electrons. The smallest absolute Gasteiger partial charge is 0.319 e. The molecule has 3 unspecified atom stereocenters. The molecule has 6 aliphatic rings. The van der Waals surface area contributed by atoms with E-state index in [9.17, 15) is 18.6 Å². The van der Waals surface area contributed by atoms with Gasteiger partial charge in [0.25, 0.3) is 0 Å². The molecule has 2 saturated carbocycles. The van der Waals surface area contributed by atoms with Crippen molar-refractivity contribution in [3.63, 3.8) is 0 Å². The van der Waals surface area contributed by atoms with Gasteiger partial charge in [0, 0.05) is 41.8 Å². The van der Waals surface area contributed by atoms with Crippen LogP contribution in [-0.4, -0.2) is 126 Å². The van der Waals surface area contributed by atoms with Crippen LogP contribution in [0.5, 0.6) is 17.6 Å². The summed E-state index contributed by atoms with van der Waals surface area (Å²) in [6.07, 6.45) is 7.04. The third kappa shape index (κ3) is 6.14. The fourth-order valence-electron chi connectivity index (χ4n) is 10.4. The van der Waals surface area contributed by atoms with E-state index in [1.165, 1.54) is 37.6 Å². The zero-order chi connectivity index (χ0) is 39.3. The molecule has 4 saturated heterocycles. The number of aromatic hydroxyl groups is 1. The van der Waals surface area contributed by atoms with E-state index in [-0.39, 0.29) is 95.4 Å². The van der Waals surface area contributed by atoms with Gasteiger partial charge in [0.1, 0.15) is 44.3 Å². The van der Waals surface area contributed by atoms with E-state index in [0.717, 1.165) is 38.6 Å². The lowest BCUT2D eigenvalue weighted by Crippen LogP contribution is -2.61. The summed E-state index contributed by atoms with van der Waals surface area (Å²) in [7, 11) is -1.84. The van der Waals surface area contributed by atoms with Crippen molar-refractivity contribution < 1.29 is 46.4 Å². The molecular formula is C40H47F2N5O8S. The van der Waals surface area contributed by atoms with E-state index in [2.05, 4.69) is 14.9 Å². The lowest BCUT2D eigenvalue weighted by atomic mass is 9.71. The van der Waals surface area contributed by atoms with Crippen LogP contribution in [0.1, 0.15) is 51.9 Å². The fourth-order valence-corrected chi connectivity index (χ4v) is 11.7. The third-order valence-electron chi connectivity index (χ3n) is 12.9. The summed E-state index contributed by atoms with van der Waals surface area (Å²) in [4.78, 5) is 18.3. The zero-order valence-electron chi connectivity index (χ0n) is 31.8. The van der Waals surface area contributed by atoms with Crippen LogP contribution < -0.4 is 14.4 Å². The van der Waals surface area contributed by atoms with Crippen molar-refractivity contribution in [1.82, 2.24) is 19.9 Å². The molecule has 6 heterocycles. The summed E-state index contributed by atoms with van der Waals surface area (Å²) in [6.45, 7) is 4.45. The van der Waals surface area contributed by atoms with Gasteiger partial charge in [-0.25, -0.2) is 22.2 Å². The van der Waals surface area contributed by atoms with Crippen molar-refractivity contribution in [2.75, 3.05) is 70.9 Å². The first kappa shape index (κ1) is 37.6. The second-order valence-electron chi connectivity index (χ2n) is 17.1. The van der Waals surface area contributed by atoms with Gasteiger partial charge in [0.2, 0.25) is 5.88 Å². The number of fused-ring (bicyclic) bond motifs is 4. The molecule has 3 atom stereocenters. The highest BCUT2D eigenvalue weighted by Gasteiger charge is 2.68. The van der Waals surface area contributed by atoms with E-state index in [1.807, 2.05) is 0 Å². The Morgan fingerprint density at radius 1 is 1.05 bits per heavy atom. The van der Waals surface area contributed by atoms with Gasteiger partial charge in [-0.1, -0.05) is 18.6 Å². The number of piperidine rings is 1. The Bertz CT molecular complexity index is 2340. The quantitative estimate of drug-likeness (QED) is 0.239. The van der Waals surface area contributed by atoms with E-state index in [0.29, 0.717) is 31.3 Å². The zero-order valence-corrected chi connectivity index (χ0v) is 32.6. The number of nitrogens with zero attached hydrogens (tertiary/aromatic N) is 5. The summed E-state index contributed by atoms with van der Waals surface area (Å²) in [5, 5.41) is 22.4. The number of methoxy groups -OCH3 is 1. The maximum Gasteiger partial charge on any atom is 0.319 e. The number of hydrogen-bond acceptors (Lipinski definition) is 13. The van der Waals surface area contributed by atoms with Gasteiger partial charge < -0.3 is 34.1 Å². The number of benzene rings is 2. The molecule has 4 aromatic rings. The monoisotopic (exact) mass is 795 g/mol. The Labute approximate surface area is 323 Å². The average molecular weight is 796 g/mol. The van der Waals surface area contributed by atoms with Gasteiger partial charge in [-0.3, -0.25) is 4.90 Å². The van der Waals surface area contributed by atoms with Gasteiger partial charge in [-0.15, -0.1) is 0 Å². The number of rotatable bonds is 9. The maximum absolute atomic E-state index is 17.2. The predicted octanol–water partition coefficient (Wildman–Crippen LogP) is 4.78. The summed E-state index contributed by atoms with van der Waals surface area (Å²) in [5.74, 6) is -1.49. The van der Waals surface area contributed by atoms with Crippen LogP contribution in [0.3, 0.4) is 0 Å². The van der Waals surface area contributed by atoms with Crippen molar-refractivity contribution >= 4 is 37.3 Å². The Morgan fingerprint density at radius 2 is 1.86 bits per heavy atom. The van der Waals surface area contributed by atoms with Crippen molar-refractivity contribution in [1.29, 1.82) is 0 Å². The molecule has 0 amide bonds. The minimum Gasteiger partial charge on any atom is -0.508 e.